The predicted molar refractivity (Wildman–Crippen MR) is 47.5 cm³/mol. The number of hydrogen-bond acceptors (Lipinski definition) is 0. The third-order valence-corrected chi connectivity index (χ3v) is 2.03. The summed E-state index contributed by atoms with van der Waals surface area (Å²) in [5.41, 5.74) is 0. The Bertz CT molecular complexity index is 56.9. The van der Waals surface area contributed by atoms with E-state index in [-0.39, 0.29) is 6.10 Å². The van der Waals surface area contributed by atoms with Crippen molar-refractivity contribution in [3.8, 4) is 0 Å². The van der Waals surface area contributed by atoms with E-state index in [1.54, 1.807) is 0 Å². The topological polar surface area (TPSA) is 19.9 Å². The molecule has 0 aliphatic rings. The minimum absolute atomic E-state index is 0.287. The van der Waals surface area contributed by atoms with Gasteiger partial charge >= 0.3 is 0 Å². The molecule has 0 saturated heterocycles. The average Bonchev–Trinajstić information content (AvgIpc) is 1.85. The molecule has 1 unspecified atom stereocenters. The summed E-state index contributed by atoms with van der Waals surface area (Å²) in [5, 5.41) is 10.9. The highest BCUT2D eigenvalue weighted by Gasteiger charge is 2.01. The van der Waals surface area contributed by atoms with Gasteiger partial charge in [-0.15, -0.1) is 0 Å². The van der Waals surface area contributed by atoms with E-state index in [0.717, 1.165) is 30.1 Å². The van der Waals surface area contributed by atoms with E-state index in [4.69, 9.17) is 0 Å². The number of rotatable bonds is 5. The number of alkyl halides is 1. The van der Waals surface area contributed by atoms with Crippen molar-refractivity contribution in [2.75, 3.05) is 4.43 Å². The monoisotopic (exact) mass is 241 g/mol. The van der Waals surface area contributed by atoms with Gasteiger partial charge in [0.25, 0.3) is 0 Å². The molecular weight excluding hydrogens is 227 g/mol. The van der Waals surface area contributed by atoms with Crippen LogP contribution in [0, 0.1) is 0 Å². The summed E-state index contributed by atoms with van der Waals surface area (Å²) in [7, 11) is 0. The Hall–Kier alpha value is 0.690. The zero-order valence-corrected chi connectivity index (χ0v) is 8.06. The maximum Gasteiger partial charge on any atom is 0.0930 e. The summed E-state index contributed by atoms with van der Waals surface area (Å²) in [6, 6.07) is 0. The zero-order chi connectivity index (χ0) is 7.11. The summed E-state index contributed by atoms with van der Waals surface area (Å²) in [5.74, 6) is 0. The van der Waals surface area contributed by atoms with Crippen LogP contribution in [-0.4, -0.2) is 10.5 Å². The highest BCUT2D eigenvalue weighted by Crippen LogP contribution is 2.05. The minimum Gasteiger partial charge on any atom is -0.233 e. The van der Waals surface area contributed by atoms with Gasteiger partial charge in [-0.25, -0.2) is 5.11 Å². The molecule has 0 aliphatic carbocycles. The van der Waals surface area contributed by atoms with Gasteiger partial charge in [0.2, 0.25) is 0 Å². The second-order valence-electron chi connectivity index (χ2n) is 2.24. The van der Waals surface area contributed by atoms with E-state index in [1.807, 2.05) is 0 Å². The van der Waals surface area contributed by atoms with Crippen molar-refractivity contribution in [3.05, 3.63) is 0 Å². The van der Waals surface area contributed by atoms with E-state index in [2.05, 4.69) is 29.5 Å². The van der Waals surface area contributed by atoms with Gasteiger partial charge in [-0.3, -0.25) is 0 Å². The molecule has 0 saturated carbocycles. The Kier molecular flexibility index (Phi) is 7.33. The predicted octanol–water partition coefficient (Wildman–Crippen LogP) is 2.80. The van der Waals surface area contributed by atoms with Crippen LogP contribution in [0.4, 0.5) is 0 Å². The molecule has 1 radical (unpaired) electrons. The van der Waals surface area contributed by atoms with Crippen LogP contribution in [0.2, 0.25) is 0 Å². The molecular formula is C7H14IO. The quantitative estimate of drug-likeness (QED) is 0.521. The van der Waals surface area contributed by atoms with E-state index in [1.165, 1.54) is 0 Å². The van der Waals surface area contributed by atoms with Crippen LogP contribution in [0.3, 0.4) is 0 Å². The van der Waals surface area contributed by atoms with Crippen molar-refractivity contribution >= 4 is 22.6 Å². The number of halogens is 1. The van der Waals surface area contributed by atoms with Gasteiger partial charge in [-0.05, 0) is 23.7 Å². The van der Waals surface area contributed by atoms with Crippen LogP contribution >= 0.6 is 22.6 Å². The van der Waals surface area contributed by atoms with Crippen molar-refractivity contribution in [3.63, 3.8) is 0 Å². The molecule has 0 aromatic carbocycles. The Labute approximate surface area is 71.0 Å². The summed E-state index contributed by atoms with van der Waals surface area (Å²) >= 11 is 2.31. The maximum absolute atomic E-state index is 10.9. The van der Waals surface area contributed by atoms with E-state index < -0.39 is 0 Å². The Balaban J connectivity index is 2.95. The maximum atomic E-state index is 10.9. The lowest BCUT2D eigenvalue weighted by molar-refractivity contribution is 0.0729. The molecule has 0 heterocycles. The van der Waals surface area contributed by atoms with Crippen molar-refractivity contribution in [1.29, 1.82) is 0 Å². The Morgan fingerprint density at radius 2 is 2.11 bits per heavy atom. The summed E-state index contributed by atoms with van der Waals surface area (Å²) in [4.78, 5) is 0. The second-order valence-corrected chi connectivity index (χ2v) is 3.32. The third kappa shape index (κ3) is 6.58. The SMILES string of the molecule is CCCC([O])CCCI. The zero-order valence-electron chi connectivity index (χ0n) is 5.90. The molecule has 9 heavy (non-hydrogen) atoms. The van der Waals surface area contributed by atoms with E-state index >= 15 is 0 Å². The van der Waals surface area contributed by atoms with Gasteiger partial charge < -0.3 is 0 Å². The van der Waals surface area contributed by atoms with Crippen LogP contribution < -0.4 is 0 Å². The van der Waals surface area contributed by atoms with Crippen molar-refractivity contribution in [1.82, 2.24) is 0 Å². The van der Waals surface area contributed by atoms with E-state index in [0.29, 0.717) is 0 Å². The first kappa shape index (κ1) is 9.69. The standard InChI is InChI=1S/C7H14IO/c1-2-4-7(9)5-3-6-8/h7H,2-6H2,1H3. The van der Waals surface area contributed by atoms with Gasteiger partial charge in [-0.1, -0.05) is 35.9 Å². The van der Waals surface area contributed by atoms with Gasteiger partial charge in [0.05, 0.1) is 6.10 Å². The van der Waals surface area contributed by atoms with Gasteiger partial charge in [-0.2, -0.15) is 0 Å². The Morgan fingerprint density at radius 1 is 1.44 bits per heavy atom. The molecule has 55 valence electrons. The van der Waals surface area contributed by atoms with Crippen LogP contribution in [0.1, 0.15) is 32.6 Å². The molecule has 0 N–H and O–H groups in total. The molecule has 0 amide bonds. The van der Waals surface area contributed by atoms with Crippen molar-refractivity contribution in [2.24, 2.45) is 0 Å². The fourth-order valence-corrected chi connectivity index (χ4v) is 1.21. The average molecular weight is 241 g/mol. The second kappa shape index (κ2) is 6.81. The van der Waals surface area contributed by atoms with Gasteiger partial charge in [0.15, 0.2) is 0 Å². The molecule has 0 rings (SSSR count). The fourth-order valence-electron chi connectivity index (χ4n) is 0.771. The first-order valence-electron chi connectivity index (χ1n) is 3.53. The van der Waals surface area contributed by atoms with Gasteiger partial charge in [0, 0.05) is 0 Å². The highest BCUT2D eigenvalue weighted by molar-refractivity contribution is 14.1. The molecule has 0 aromatic heterocycles. The Morgan fingerprint density at radius 3 is 2.56 bits per heavy atom. The first-order chi connectivity index (χ1) is 4.31. The summed E-state index contributed by atoms with van der Waals surface area (Å²) in [6.45, 7) is 2.06. The van der Waals surface area contributed by atoms with Gasteiger partial charge in [0.1, 0.15) is 0 Å². The van der Waals surface area contributed by atoms with E-state index in [9.17, 15) is 5.11 Å². The lowest BCUT2D eigenvalue weighted by Crippen LogP contribution is -2.03. The molecule has 0 aromatic rings. The van der Waals surface area contributed by atoms with Crippen LogP contribution in [0.5, 0.6) is 0 Å². The lowest BCUT2D eigenvalue weighted by atomic mass is 10.1. The first-order valence-corrected chi connectivity index (χ1v) is 5.05. The number of hydrogen-bond donors (Lipinski definition) is 0. The summed E-state index contributed by atoms with van der Waals surface area (Å²) in [6.07, 6.45) is 3.57. The fraction of sp³-hybridized carbons (Fsp3) is 1.00. The summed E-state index contributed by atoms with van der Waals surface area (Å²) < 4.78 is 1.13. The van der Waals surface area contributed by atoms with Crippen LogP contribution in [0.15, 0.2) is 0 Å². The molecule has 0 spiro atoms. The van der Waals surface area contributed by atoms with Crippen molar-refractivity contribution < 1.29 is 5.11 Å². The molecule has 0 aliphatic heterocycles. The molecule has 2 heteroatoms. The van der Waals surface area contributed by atoms with Crippen LogP contribution in [0.25, 0.3) is 0 Å². The largest absolute Gasteiger partial charge is 0.233 e. The highest BCUT2D eigenvalue weighted by atomic mass is 127. The van der Waals surface area contributed by atoms with Crippen LogP contribution in [-0.2, 0) is 5.11 Å². The normalized spacial score (nSPS) is 13.7. The smallest absolute Gasteiger partial charge is 0.0930 e. The molecule has 0 fully saturated rings. The molecule has 0 bridgehead atoms. The van der Waals surface area contributed by atoms with Crippen molar-refractivity contribution in [2.45, 2.75) is 38.7 Å². The third-order valence-electron chi connectivity index (χ3n) is 1.27. The molecule has 1 nitrogen and oxygen atoms in total. The minimum atomic E-state index is -0.287. The molecule has 1 atom stereocenters. The lowest BCUT2D eigenvalue weighted by Gasteiger charge is -2.02.